The number of hydrogen-bond acceptors (Lipinski definition) is 7. The van der Waals surface area contributed by atoms with Crippen LogP contribution in [-0.2, 0) is 24.4 Å². The van der Waals surface area contributed by atoms with Crippen LogP contribution in [-0.4, -0.2) is 27.6 Å². The number of Topliss-reactive ketones (excluding diaryl/α,β-unsaturated/α-hetero) is 1. The van der Waals surface area contributed by atoms with Crippen molar-refractivity contribution >= 4 is 49.2 Å². The van der Waals surface area contributed by atoms with Crippen LogP contribution in [0.5, 0.6) is 11.5 Å². The molecule has 4 aromatic rings. The maximum Gasteiger partial charge on any atom is 0.331 e. The van der Waals surface area contributed by atoms with Gasteiger partial charge in [-0.2, -0.15) is 0 Å². The first-order valence-electron chi connectivity index (χ1n) is 11.1. The molecule has 0 saturated carbocycles. The summed E-state index contributed by atoms with van der Waals surface area (Å²) in [5.41, 5.74) is 0.595. The molecule has 0 spiro atoms. The molecule has 0 unspecified atom stereocenters. The van der Waals surface area contributed by atoms with Crippen LogP contribution in [0.1, 0.15) is 22.3 Å². The third-order valence-corrected chi connectivity index (χ3v) is 7.21. The van der Waals surface area contributed by atoms with Gasteiger partial charge in [0.2, 0.25) is 12.7 Å². The normalized spacial score (nSPS) is 12.1. The highest BCUT2D eigenvalue weighted by atomic mass is 79.9. The van der Waals surface area contributed by atoms with Crippen molar-refractivity contribution in [1.29, 1.82) is 0 Å². The van der Waals surface area contributed by atoms with Crippen molar-refractivity contribution < 1.29 is 19.1 Å². The second-order valence-corrected chi connectivity index (χ2v) is 9.94. The predicted molar refractivity (Wildman–Crippen MR) is 138 cm³/mol. The summed E-state index contributed by atoms with van der Waals surface area (Å²) in [6, 6.07) is 13.9. The molecule has 2 aromatic heterocycles. The van der Waals surface area contributed by atoms with Gasteiger partial charge in [0.05, 0.1) is 12.1 Å². The Bertz CT molecular complexity index is 1590. The molecule has 1 aliphatic rings. The van der Waals surface area contributed by atoms with Crippen molar-refractivity contribution in [1.82, 2.24) is 14.5 Å². The molecule has 9 nitrogen and oxygen atoms in total. The predicted octanol–water partition coefficient (Wildman–Crippen LogP) is 3.31. The van der Waals surface area contributed by atoms with E-state index in [2.05, 4.69) is 21.2 Å². The number of aromatic nitrogens is 2. The Hall–Kier alpha value is -3.70. The molecule has 0 radical (unpaired) electrons. The molecule has 3 heterocycles. The van der Waals surface area contributed by atoms with Crippen molar-refractivity contribution in [3.05, 3.63) is 90.3 Å². The average molecular weight is 570 g/mol. The third-order valence-electron chi connectivity index (χ3n) is 5.79. The maximum absolute atomic E-state index is 13.2. The minimum Gasteiger partial charge on any atom is -0.454 e. The third kappa shape index (κ3) is 4.84. The minimum absolute atomic E-state index is 0.0722. The number of nitrogens with zero attached hydrogens (tertiary/aromatic N) is 2. The number of rotatable bonds is 8. The van der Waals surface area contributed by atoms with Crippen LogP contribution in [0.2, 0.25) is 0 Å². The molecule has 0 saturated heterocycles. The Labute approximate surface area is 217 Å². The number of hydrogen-bond donors (Lipinski definition) is 1. The fourth-order valence-corrected chi connectivity index (χ4v) is 5.01. The lowest BCUT2D eigenvalue weighted by Gasteiger charge is -2.12. The molecule has 1 aliphatic heterocycles. The first kappa shape index (κ1) is 24.0. The monoisotopic (exact) mass is 569 g/mol. The summed E-state index contributed by atoms with van der Waals surface area (Å²) >= 11 is 4.53. The summed E-state index contributed by atoms with van der Waals surface area (Å²) in [5, 5.41) is 4.49. The van der Waals surface area contributed by atoms with Crippen molar-refractivity contribution in [2.24, 2.45) is 0 Å². The number of benzene rings is 2. The zero-order valence-corrected chi connectivity index (χ0v) is 21.3. The average Bonchev–Trinajstić information content (AvgIpc) is 3.55. The summed E-state index contributed by atoms with van der Waals surface area (Å²) in [6.45, 7) is 0.107. The van der Waals surface area contributed by atoms with E-state index in [1.54, 1.807) is 47.8 Å². The fraction of sp³-hybridized carbons (Fsp3) is 0.200. The van der Waals surface area contributed by atoms with E-state index in [0.717, 1.165) is 14.6 Å². The molecule has 0 aliphatic carbocycles. The Morgan fingerprint density at radius 3 is 2.58 bits per heavy atom. The Balaban J connectivity index is 1.31. The van der Waals surface area contributed by atoms with Gasteiger partial charge in [0.25, 0.3) is 5.56 Å². The van der Waals surface area contributed by atoms with E-state index in [1.165, 1.54) is 15.9 Å². The zero-order valence-electron chi connectivity index (χ0n) is 18.9. The largest absolute Gasteiger partial charge is 0.454 e. The Kier molecular flexibility index (Phi) is 6.75. The summed E-state index contributed by atoms with van der Waals surface area (Å²) in [4.78, 5) is 51.5. The highest BCUT2D eigenvalue weighted by Gasteiger charge is 2.18. The van der Waals surface area contributed by atoms with Gasteiger partial charge in [-0.1, -0.05) is 34.1 Å². The number of carbonyl (C=O) groups is 2. The van der Waals surface area contributed by atoms with E-state index >= 15 is 0 Å². The number of amides is 1. The first-order valence-corrected chi connectivity index (χ1v) is 12.7. The molecule has 0 fully saturated rings. The van der Waals surface area contributed by atoms with Gasteiger partial charge in [0.15, 0.2) is 17.3 Å². The minimum atomic E-state index is -0.625. The molecule has 5 rings (SSSR count). The highest BCUT2D eigenvalue weighted by Crippen LogP contribution is 2.32. The van der Waals surface area contributed by atoms with Gasteiger partial charge in [-0.3, -0.25) is 23.5 Å². The van der Waals surface area contributed by atoms with E-state index < -0.39 is 11.2 Å². The van der Waals surface area contributed by atoms with E-state index in [-0.39, 0.29) is 44.5 Å². The number of fused-ring (bicyclic) bond motifs is 2. The molecule has 1 amide bonds. The van der Waals surface area contributed by atoms with Crippen LogP contribution in [0.15, 0.2) is 68.0 Å². The van der Waals surface area contributed by atoms with Gasteiger partial charge in [-0.25, -0.2) is 4.79 Å². The molecule has 11 heteroatoms. The molecular weight excluding hydrogens is 550 g/mol. The summed E-state index contributed by atoms with van der Waals surface area (Å²) in [6.07, 6.45) is -0.0722. The molecule has 0 atom stereocenters. The molecule has 36 heavy (non-hydrogen) atoms. The number of ketones is 1. The van der Waals surface area contributed by atoms with Crippen LogP contribution in [0.25, 0.3) is 10.2 Å². The quantitative estimate of drug-likeness (QED) is 0.326. The Morgan fingerprint density at radius 2 is 1.78 bits per heavy atom. The lowest BCUT2D eigenvalue weighted by Crippen LogP contribution is -2.41. The highest BCUT2D eigenvalue weighted by molar-refractivity contribution is 9.10. The van der Waals surface area contributed by atoms with E-state index in [9.17, 15) is 19.2 Å². The van der Waals surface area contributed by atoms with Gasteiger partial charge in [-0.15, -0.1) is 11.3 Å². The molecule has 1 N–H and O–H groups in total. The van der Waals surface area contributed by atoms with E-state index in [4.69, 9.17) is 9.47 Å². The fourth-order valence-electron chi connectivity index (χ4n) is 3.91. The van der Waals surface area contributed by atoms with E-state index in [1.807, 2.05) is 6.07 Å². The standard InChI is InChI=1S/C25H20BrN3O6S/c26-17-4-2-16(3-5-17)19(30)13-29-18-8-10-36-23(18)24(32)28(25(29)33)9-7-22(31)27-12-15-1-6-20-21(11-15)35-14-34-20/h1-6,8,10-11H,7,9,12-14H2,(H,27,31). The second-order valence-electron chi connectivity index (χ2n) is 8.10. The smallest absolute Gasteiger partial charge is 0.331 e. The van der Waals surface area contributed by atoms with Gasteiger partial charge in [-0.05, 0) is 41.3 Å². The number of halogens is 1. The summed E-state index contributed by atoms with van der Waals surface area (Å²) < 4.78 is 14.1. The summed E-state index contributed by atoms with van der Waals surface area (Å²) in [7, 11) is 0. The number of ether oxygens (including phenoxy) is 2. The maximum atomic E-state index is 13.2. The van der Waals surface area contributed by atoms with Crippen LogP contribution in [0, 0.1) is 0 Å². The van der Waals surface area contributed by atoms with Crippen molar-refractivity contribution in [2.45, 2.75) is 26.1 Å². The first-order chi connectivity index (χ1) is 17.4. The zero-order chi connectivity index (χ0) is 25.2. The van der Waals surface area contributed by atoms with Crippen molar-refractivity contribution in [2.75, 3.05) is 6.79 Å². The molecular formula is C25H20BrN3O6S. The van der Waals surface area contributed by atoms with Gasteiger partial charge in [0.1, 0.15) is 4.70 Å². The van der Waals surface area contributed by atoms with Crippen LogP contribution < -0.4 is 26.0 Å². The SMILES string of the molecule is O=C(CCn1c(=O)c2sccc2n(CC(=O)c2ccc(Br)cc2)c1=O)NCc1ccc2c(c1)OCO2. The molecule has 2 aromatic carbocycles. The van der Waals surface area contributed by atoms with Crippen LogP contribution in [0.4, 0.5) is 0 Å². The Morgan fingerprint density at radius 1 is 1.00 bits per heavy atom. The second kappa shape index (κ2) is 10.1. The van der Waals surface area contributed by atoms with Crippen molar-refractivity contribution in [3.63, 3.8) is 0 Å². The molecule has 0 bridgehead atoms. The van der Waals surface area contributed by atoms with Gasteiger partial charge < -0.3 is 14.8 Å². The lowest BCUT2D eigenvalue weighted by molar-refractivity contribution is -0.121. The number of carbonyl (C=O) groups excluding carboxylic acids is 2. The number of nitrogens with one attached hydrogen (secondary N) is 1. The van der Waals surface area contributed by atoms with Crippen LogP contribution in [0.3, 0.4) is 0 Å². The van der Waals surface area contributed by atoms with Crippen molar-refractivity contribution in [3.8, 4) is 11.5 Å². The van der Waals surface area contributed by atoms with Gasteiger partial charge >= 0.3 is 5.69 Å². The lowest BCUT2D eigenvalue weighted by atomic mass is 10.1. The van der Waals surface area contributed by atoms with E-state index in [0.29, 0.717) is 27.3 Å². The number of thiophene rings is 1. The molecule has 184 valence electrons. The topological polar surface area (TPSA) is 109 Å². The summed E-state index contributed by atoms with van der Waals surface area (Å²) in [5.74, 6) is 0.700. The van der Waals surface area contributed by atoms with Crippen LogP contribution >= 0.6 is 27.3 Å². The van der Waals surface area contributed by atoms with Gasteiger partial charge in [0, 0.05) is 29.5 Å².